The summed E-state index contributed by atoms with van der Waals surface area (Å²) in [5, 5.41) is 3.25. The number of aromatic nitrogens is 4. The Morgan fingerprint density at radius 1 is 0.534 bits per heavy atom. The van der Waals surface area contributed by atoms with Gasteiger partial charge in [-0.05, 0) is 73.5 Å². The number of benzene rings is 7. The van der Waals surface area contributed by atoms with Crippen molar-refractivity contribution < 1.29 is 4.42 Å². The Balaban J connectivity index is 1.08. The quantitative estimate of drug-likeness (QED) is 0.174. The van der Waals surface area contributed by atoms with Crippen LogP contribution in [-0.4, -0.2) is 19.5 Å². The first-order valence-corrected chi connectivity index (χ1v) is 20.4. The van der Waals surface area contributed by atoms with Gasteiger partial charge in [0.25, 0.3) is 0 Å². The van der Waals surface area contributed by atoms with Crippen molar-refractivity contribution in [2.75, 3.05) is 4.90 Å². The minimum absolute atomic E-state index is 0.603. The Morgan fingerprint density at radius 3 is 2.02 bits per heavy atom. The molecule has 0 saturated heterocycles. The van der Waals surface area contributed by atoms with E-state index in [0.29, 0.717) is 17.5 Å². The molecule has 1 aliphatic heterocycles. The van der Waals surface area contributed by atoms with Gasteiger partial charge in [-0.15, -0.1) is 0 Å². The number of rotatable bonds is 5. The average molecular weight is 764 g/mol. The number of allylic oxidation sites excluding steroid dienone is 1. The molecule has 2 aliphatic rings. The van der Waals surface area contributed by atoms with Crippen LogP contribution in [0.5, 0.6) is 0 Å². The van der Waals surface area contributed by atoms with E-state index >= 15 is 0 Å². The van der Waals surface area contributed by atoms with Gasteiger partial charge in [-0.3, -0.25) is 0 Å². The van der Waals surface area contributed by atoms with E-state index in [1.165, 1.54) is 43.3 Å². The highest BCUT2D eigenvalue weighted by molar-refractivity contribution is 7.99. The van der Waals surface area contributed by atoms with E-state index in [-0.39, 0.29) is 0 Å². The van der Waals surface area contributed by atoms with Crippen molar-refractivity contribution >= 4 is 67.7 Å². The van der Waals surface area contributed by atoms with Crippen LogP contribution < -0.4 is 4.90 Å². The molecule has 0 unspecified atom stereocenters. The predicted molar refractivity (Wildman–Crippen MR) is 236 cm³/mol. The van der Waals surface area contributed by atoms with E-state index in [0.717, 1.165) is 62.8 Å². The lowest BCUT2D eigenvalue weighted by Crippen LogP contribution is -2.14. The number of hydrogen-bond acceptors (Lipinski definition) is 6. The summed E-state index contributed by atoms with van der Waals surface area (Å²) in [5.74, 6) is 1.86. The first kappa shape index (κ1) is 33.0. The van der Waals surface area contributed by atoms with E-state index in [2.05, 4.69) is 113 Å². The lowest BCUT2D eigenvalue weighted by molar-refractivity contribution is 0.669. The molecule has 0 N–H and O–H groups in total. The highest BCUT2D eigenvalue weighted by Crippen LogP contribution is 2.53. The summed E-state index contributed by atoms with van der Waals surface area (Å²) in [6, 6.07) is 57.2. The maximum absolute atomic E-state index is 6.59. The second kappa shape index (κ2) is 13.2. The van der Waals surface area contributed by atoms with Gasteiger partial charge in [0.05, 0.1) is 16.9 Å². The fraction of sp³-hybridized carbons (Fsp3) is 0.0392. The minimum atomic E-state index is 0.603. The highest BCUT2D eigenvalue weighted by atomic mass is 32.2. The molecule has 274 valence electrons. The Morgan fingerprint density at radius 2 is 1.24 bits per heavy atom. The molecule has 7 aromatic carbocycles. The fourth-order valence-electron chi connectivity index (χ4n) is 8.69. The number of anilines is 3. The van der Waals surface area contributed by atoms with E-state index in [1.807, 2.05) is 84.6 Å². The molecule has 0 spiro atoms. The van der Waals surface area contributed by atoms with Crippen LogP contribution in [-0.2, 0) is 6.42 Å². The van der Waals surface area contributed by atoms with Crippen molar-refractivity contribution in [3.05, 3.63) is 181 Å². The Labute approximate surface area is 338 Å². The second-order valence-corrected chi connectivity index (χ2v) is 15.8. The first-order chi connectivity index (χ1) is 28.7. The van der Waals surface area contributed by atoms with Crippen LogP contribution in [0.25, 0.3) is 78.8 Å². The third-order valence-corrected chi connectivity index (χ3v) is 12.4. The molecule has 0 amide bonds. The minimum Gasteiger partial charge on any atom is -0.456 e. The van der Waals surface area contributed by atoms with Crippen molar-refractivity contribution in [2.45, 2.75) is 22.6 Å². The van der Waals surface area contributed by atoms with Crippen LogP contribution >= 0.6 is 11.8 Å². The number of nitrogens with zero attached hydrogens (tertiary/aromatic N) is 5. The van der Waals surface area contributed by atoms with Crippen molar-refractivity contribution in [1.29, 1.82) is 0 Å². The topological polar surface area (TPSA) is 60.0 Å². The highest BCUT2D eigenvalue weighted by Gasteiger charge is 2.29. The summed E-state index contributed by atoms with van der Waals surface area (Å²) in [5.41, 5.74) is 12.8. The summed E-state index contributed by atoms with van der Waals surface area (Å²) in [7, 11) is 0. The van der Waals surface area contributed by atoms with Crippen molar-refractivity contribution in [3.63, 3.8) is 0 Å². The molecule has 3 aromatic heterocycles. The molecule has 4 heterocycles. The number of para-hydroxylation sites is 2. The Bertz CT molecular complexity index is 3200. The summed E-state index contributed by atoms with van der Waals surface area (Å²) < 4.78 is 9.07. The van der Waals surface area contributed by atoms with Gasteiger partial charge in [-0.25, -0.2) is 15.0 Å². The van der Waals surface area contributed by atoms with Crippen LogP contribution in [0.3, 0.4) is 0 Å². The third kappa shape index (κ3) is 5.24. The van der Waals surface area contributed by atoms with Crippen molar-refractivity contribution in [1.82, 2.24) is 19.5 Å². The van der Waals surface area contributed by atoms with Gasteiger partial charge in [-0.1, -0.05) is 127 Å². The molecule has 0 fully saturated rings. The molecule has 10 aromatic rings. The van der Waals surface area contributed by atoms with Crippen LogP contribution in [0.4, 0.5) is 17.1 Å². The normalized spacial score (nSPS) is 13.2. The molecule has 7 heteroatoms. The molecule has 0 radical (unpaired) electrons. The van der Waals surface area contributed by atoms with Gasteiger partial charge in [0.1, 0.15) is 11.2 Å². The van der Waals surface area contributed by atoms with E-state index in [9.17, 15) is 0 Å². The van der Waals surface area contributed by atoms with Crippen molar-refractivity contribution in [2.24, 2.45) is 0 Å². The fourth-order valence-corrected chi connectivity index (χ4v) is 9.76. The lowest BCUT2D eigenvalue weighted by atomic mass is 10.0. The summed E-state index contributed by atoms with van der Waals surface area (Å²) in [4.78, 5) is 20.1. The summed E-state index contributed by atoms with van der Waals surface area (Å²) in [6.07, 6.45) is 6.57. The van der Waals surface area contributed by atoms with Crippen LogP contribution in [0.1, 0.15) is 17.7 Å². The standard InChI is InChI=1S/C51H33N5OS/c1-4-15-32(16-5-1)49-52-50(33-17-6-2-7-18-33)54-51(53-49)37-22-14-25-45-48(37)39-29-35(27-28-44(39)57-45)56-40-23-11-10-21-36(40)38-30-47-43(31-42(38)56)55(34-19-8-3-9-20-34)41-24-12-13-26-46(41)58-47/h1-10,12-22,24-31H,11,23H2. The summed E-state index contributed by atoms with van der Waals surface area (Å²) in [6.45, 7) is 0. The molecule has 12 rings (SSSR count). The van der Waals surface area contributed by atoms with Crippen LogP contribution in [0, 0.1) is 0 Å². The third-order valence-electron chi connectivity index (χ3n) is 11.3. The SMILES string of the molecule is C1=Cc2c(n(-c3ccc4oc5cccc(-c6nc(-c7ccccc7)nc(-c7ccccc7)n6)c5c4c3)c3cc4c(cc23)Sc2ccccc2N4c2ccccc2)CC1. The first-order valence-electron chi connectivity index (χ1n) is 19.6. The zero-order valence-electron chi connectivity index (χ0n) is 31.2. The monoisotopic (exact) mass is 763 g/mol. The molecule has 58 heavy (non-hydrogen) atoms. The number of furan rings is 1. The predicted octanol–water partition coefficient (Wildman–Crippen LogP) is 13.6. The number of hydrogen-bond donors (Lipinski definition) is 0. The van der Waals surface area contributed by atoms with E-state index < -0.39 is 0 Å². The van der Waals surface area contributed by atoms with E-state index in [1.54, 1.807) is 0 Å². The second-order valence-electron chi connectivity index (χ2n) is 14.7. The lowest BCUT2D eigenvalue weighted by Gasteiger charge is -2.33. The molecule has 1 aliphatic carbocycles. The van der Waals surface area contributed by atoms with Gasteiger partial charge >= 0.3 is 0 Å². The maximum Gasteiger partial charge on any atom is 0.164 e. The van der Waals surface area contributed by atoms with Gasteiger partial charge in [-0.2, -0.15) is 0 Å². The smallest absolute Gasteiger partial charge is 0.164 e. The molecule has 0 bridgehead atoms. The largest absolute Gasteiger partial charge is 0.456 e. The Kier molecular flexibility index (Phi) is 7.50. The zero-order chi connectivity index (χ0) is 38.2. The van der Waals surface area contributed by atoms with Gasteiger partial charge in [0.2, 0.25) is 0 Å². The van der Waals surface area contributed by atoms with Gasteiger partial charge in [0, 0.05) is 65.3 Å². The van der Waals surface area contributed by atoms with Gasteiger partial charge in [0.15, 0.2) is 17.5 Å². The summed E-state index contributed by atoms with van der Waals surface area (Å²) >= 11 is 1.85. The molecule has 0 atom stereocenters. The van der Waals surface area contributed by atoms with Gasteiger partial charge < -0.3 is 13.9 Å². The van der Waals surface area contributed by atoms with Crippen LogP contribution in [0.15, 0.2) is 184 Å². The Hall–Kier alpha value is -7.22. The van der Waals surface area contributed by atoms with Crippen LogP contribution in [0.2, 0.25) is 0 Å². The molecule has 0 saturated carbocycles. The number of fused-ring (bicyclic) bond motifs is 8. The maximum atomic E-state index is 6.59. The average Bonchev–Trinajstić information content (AvgIpc) is 3.83. The molecular weight excluding hydrogens is 731 g/mol. The zero-order valence-corrected chi connectivity index (χ0v) is 32.0. The van der Waals surface area contributed by atoms with E-state index in [4.69, 9.17) is 19.4 Å². The molecule has 6 nitrogen and oxygen atoms in total. The molecular formula is C51H33N5OS. The van der Waals surface area contributed by atoms with Crippen molar-refractivity contribution in [3.8, 4) is 39.9 Å².